The van der Waals surface area contributed by atoms with Crippen molar-refractivity contribution in [3.05, 3.63) is 36.0 Å². The number of alkyl halides is 3. The van der Waals surface area contributed by atoms with Crippen LogP contribution >= 0.6 is 0 Å². The van der Waals surface area contributed by atoms with Crippen molar-refractivity contribution in [3.8, 4) is 0 Å². The van der Waals surface area contributed by atoms with Crippen LogP contribution in [-0.2, 0) is 13.0 Å². The third-order valence-corrected chi connectivity index (χ3v) is 3.72. The first-order valence-corrected chi connectivity index (χ1v) is 7.29. The van der Waals surface area contributed by atoms with Gasteiger partial charge in [0.25, 0.3) is 0 Å². The highest BCUT2D eigenvalue weighted by Gasteiger charge is 2.26. The Morgan fingerprint density at radius 3 is 2.67 bits per heavy atom. The van der Waals surface area contributed by atoms with E-state index in [1.54, 1.807) is 0 Å². The number of fused-ring (bicyclic) bond motifs is 1. The first-order valence-electron chi connectivity index (χ1n) is 7.29. The van der Waals surface area contributed by atoms with E-state index in [9.17, 15) is 13.2 Å². The van der Waals surface area contributed by atoms with E-state index >= 15 is 0 Å². The van der Waals surface area contributed by atoms with Crippen LogP contribution in [0.25, 0.3) is 10.9 Å². The maximum absolute atomic E-state index is 12.2. The molecule has 0 amide bonds. The molecule has 2 nitrogen and oxygen atoms in total. The third kappa shape index (κ3) is 4.49. The number of hydrogen-bond acceptors (Lipinski definition) is 1. The lowest BCUT2D eigenvalue weighted by Crippen LogP contribution is -2.21. The van der Waals surface area contributed by atoms with Crippen LogP contribution in [0.2, 0.25) is 0 Å². The van der Waals surface area contributed by atoms with Gasteiger partial charge in [0.05, 0.1) is 0 Å². The van der Waals surface area contributed by atoms with E-state index in [-0.39, 0.29) is 12.5 Å². The molecule has 1 unspecified atom stereocenters. The summed E-state index contributed by atoms with van der Waals surface area (Å²) in [5, 5.41) is 1.06. The molecule has 1 heterocycles. The fraction of sp³-hybridized carbons (Fsp3) is 0.500. The van der Waals surface area contributed by atoms with E-state index in [1.807, 2.05) is 29.0 Å². The van der Waals surface area contributed by atoms with Crippen molar-refractivity contribution < 1.29 is 13.2 Å². The van der Waals surface area contributed by atoms with E-state index in [0.29, 0.717) is 6.54 Å². The quantitative estimate of drug-likeness (QED) is 0.848. The maximum atomic E-state index is 12.2. The molecule has 1 aromatic carbocycles. The number of benzene rings is 1. The zero-order valence-corrected chi connectivity index (χ0v) is 12.2. The largest absolute Gasteiger partial charge is 0.389 e. The van der Waals surface area contributed by atoms with Crippen molar-refractivity contribution in [2.24, 2.45) is 5.73 Å². The summed E-state index contributed by atoms with van der Waals surface area (Å²) in [6, 6.07) is 8.16. The third-order valence-electron chi connectivity index (χ3n) is 3.72. The lowest BCUT2D eigenvalue weighted by Gasteiger charge is -2.10. The number of halogens is 3. The lowest BCUT2D eigenvalue weighted by molar-refractivity contribution is -0.135. The van der Waals surface area contributed by atoms with Crippen molar-refractivity contribution in [3.63, 3.8) is 0 Å². The standard InChI is InChI=1S/C16H21F3N2/c1-2-14(20)11-12-4-5-15-13(10-12)6-9-21(15)8-3-7-16(17,18)19/h4-6,9-10,14H,2-3,7-8,11,20H2,1H3. The molecule has 0 aliphatic rings. The van der Waals surface area contributed by atoms with Crippen molar-refractivity contribution >= 4 is 10.9 Å². The lowest BCUT2D eigenvalue weighted by atomic mass is 10.0. The van der Waals surface area contributed by atoms with Gasteiger partial charge in [-0.2, -0.15) is 13.2 Å². The minimum absolute atomic E-state index is 0.107. The van der Waals surface area contributed by atoms with Crippen LogP contribution in [0.5, 0.6) is 0 Å². The Kier molecular flexibility index (Phi) is 4.93. The van der Waals surface area contributed by atoms with Crippen LogP contribution in [0, 0.1) is 0 Å². The monoisotopic (exact) mass is 298 g/mol. The van der Waals surface area contributed by atoms with E-state index in [4.69, 9.17) is 5.73 Å². The Morgan fingerprint density at radius 2 is 2.00 bits per heavy atom. The molecule has 0 fully saturated rings. The molecule has 0 spiro atoms. The van der Waals surface area contributed by atoms with Gasteiger partial charge in [0.15, 0.2) is 0 Å². The number of nitrogens with two attached hydrogens (primary N) is 1. The van der Waals surface area contributed by atoms with Gasteiger partial charge in [-0.3, -0.25) is 0 Å². The van der Waals surface area contributed by atoms with Crippen LogP contribution in [0.15, 0.2) is 30.5 Å². The summed E-state index contributed by atoms with van der Waals surface area (Å²) in [5.74, 6) is 0. The predicted molar refractivity (Wildman–Crippen MR) is 79.2 cm³/mol. The van der Waals surface area contributed by atoms with Gasteiger partial charge in [0, 0.05) is 30.7 Å². The molecule has 0 bridgehead atoms. The molecule has 1 atom stereocenters. The molecule has 116 valence electrons. The van der Waals surface area contributed by atoms with Gasteiger partial charge in [-0.1, -0.05) is 13.0 Å². The molecule has 5 heteroatoms. The zero-order valence-electron chi connectivity index (χ0n) is 12.2. The van der Waals surface area contributed by atoms with Gasteiger partial charge < -0.3 is 10.3 Å². The molecular weight excluding hydrogens is 277 g/mol. The molecule has 0 aliphatic carbocycles. The molecule has 0 saturated heterocycles. The Balaban J connectivity index is 2.06. The summed E-state index contributed by atoms with van der Waals surface area (Å²) >= 11 is 0. The summed E-state index contributed by atoms with van der Waals surface area (Å²) in [6.07, 6.45) is -1.11. The normalized spacial score (nSPS) is 13.8. The van der Waals surface area contributed by atoms with Crippen molar-refractivity contribution in [2.75, 3.05) is 0 Å². The second-order valence-corrected chi connectivity index (χ2v) is 5.49. The number of nitrogens with zero attached hydrogens (tertiary/aromatic N) is 1. The van der Waals surface area contributed by atoms with Gasteiger partial charge in [-0.05, 0) is 48.4 Å². The summed E-state index contributed by atoms with van der Waals surface area (Å²) in [7, 11) is 0. The number of aromatic nitrogens is 1. The summed E-state index contributed by atoms with van der Waals surface area (Å²) in [6.45, 7) is 2.44. The first-order chi connectivity index (χ1) is 9.89. The highest BCUT2D eigenvalue weighted by molar-refractivity contribution is 5.80. The molecular formula is C16H21F3N2. The molecule has 0 radical (unpaired) electrons. The first kappa shape index (κ1) is 15.9. The van der Waals surface area contributed by atoms with Gasteiger partial charge in [-0.15, -0.1) is 0 Å². The van der Waals surface area contributed by atoms with E-state index in [1.165, 1.54) is 5.56 Å². The summed E-state index contributed by atoms with van der Waals surface area (Å²) in [4.78, 5) is 0. The predicted octanol–water partition coefficient (Wildman–Crippen LogP) is 4.26. The average molecular weight is 298 g/mol. The van der Waals surface area contributed by atoms with Gasteiger partial charge in [0.2, 0.25) is 0 Å². The topological polar surface area (TPSA) is 30.9 Å². The smallest absolute Gasteiger partial charge is 0.347 e. The molecule has 0 aliphatic heterocycles. The number of rotatable bonds is 6. The van der Waals surface area contributed by atoms with E-state index in [2.05, 4.69) is 13.0 Å². The summed E-state index contributed by atoms with van der Waals surface area (Å²) < 4.78 is 38.4. The second kappa shape index (κ2) is 6.52. The van der Waals surface area contributed by atoms with Crippen LogP contribution in [0.4, 0.5) is 13.2 Å². The Hall–Kier alpha value is -1.49. The molecule has 0 saturated carbocycles. The number of aryl methyl sites for hydroxylation is 1. The fourth-order valence-electron chi connectivity index (χ4n) is 2.47. The average Bonchev–Trinajstić information content (AvgIpc) is 2.80. The second-order valence-electron chi connectivity index (χ2n) is 5.49. The molecule has 21 heavy (non-hydrogen) atoms. The molecule has 2 rings (SSSR count). The minimum atomic E-state index is -4.08. The summed E-state index contributed by atoms with van der Waals surface area (Å²) in [5.41, 5.74) is 8.10. The minimum Gasteiger partial charge on any atom is -0.347 e. The highest BCUT2D eigenvalue weighted by Crippen LogP contribution is 2.23. The van der Waals surface area contributed by atoms with Gasteiger partial charge >= 0.3 is 6.18 Å². The molecule has 1 aromatic heterocycles. The number of hydrogen-bond donors (Lipinski definition) is 1. The van der Waals surface area contributed by atoms with Gasteiger partial charge in [0.1, 0.15) is 0 Å². The van der Waals surface area contributed by atoms with E-state index < -0.39 is 12.6 Å². The van der Waals surface area contributed by atoms with Crippen molar-refractivity contribution in [1.82, 2.24) is 4.57 Å². The Labute approximate surface area is 122 Å². The SMILES string of the molecule is CCC(N)Cc1ccc2c(ccn2CCCC(F)(F)F)c1. The Bertz CT molecular complexity index is 587. The van der Waals surface area contributed by atoms with Crippen LogP contribution in [0.1, 0.15) is 31.7 Å². The van der Waals surface area contributed by atoms with Crippen molar-refractivity contribution in [2.45, 2.75) is 51.4 Å². The fourth-order valence-corrected chi connectivity index (χ4v) is 2.47. The molecule has 2 aromatic rings. The maximum Gasteiger partial charge on any atom is 0.389 e. The van der Waals surface area contributed by atoms with Crippen molar-refractivity contribution in [1.29, 1.82) is 0 Å². The van der Waals surface area contributed by atoms with Crippen LogP contribution in [0.3, 0.4) is 0 Å². The highest BCUT2D eigenvalue weighted by atomic mass is 19.4. The van der Waals surface area contributed by atoms with E-state index in [0.717, 1.165) is 23.7 Å². The van der Waals surface area contributed by atoms with Crippen LogP contribution in [-0.4, -0.2) is 16.8 Å². The zero-order chi connectivity index (χ0) is 15.5. The molecule has 2 N–H and O–H groups in total. The van der Waals surface area contributed by atoms with Gasteiger partial charge in [-0.25, -0.2) is 0 Å². The Morgan fingerprint density at radius 1 is 1.24 bits per heavy atom. The van der Waals surface area contributed by atoms with Crippen LogP contribution < -0.4 is 5.73 Å².